The molecule has 17 heavy (non-hydrogen) atoms. The first kappa shape index (κ1) is 10.4. The maximum Gasteiger partial charge on any atom is 0.137 e. The fourth-order valence-corrected chi connectivity index (χ4v) is 2.45. The topological polar surface area (TPSA) is 56.2 Å². The van der Waals surface area contributed by atoms with Gasteiger partial charge in [0.2, 0.25) is 0 Å². The Morgan fingerprint density at radius 3 is 3.12 bits per heavy atom. The van der Waals surface area contributed by atoms with Gasteiger partial charge in [0.05, 0.1) is 17.2 Å². The Labute approximate surface area is 103 Å². The molecule has 0 amide bonds. The molecule has 0 radical (unpaired) electrons. The molecule has 3 aromatic heterocycles. The molecule has 0 aliphatic heterocycles. The molecule has 3 heterocycles. The van der Waals surface area contributed by atoms with Gasteiger partial charge in [-0.2, -0.15) is 0 Å². The van der Waals surface area contributed by atoms with Crippen molar-refractivity contribution in [2.24, 2.45) is 5.73 Å². The Balaban J connectivity index is 1.88. The van der Waals surface area contributed by atoms with E-state index in [1.54, 1.807) is 11.3 Å². The number of imidazole rings is 1. The fourth-order valence-electron chi connectivity index (χ4n) is 1.80. The monoisotopic (exact) mass is 244 g/mol. The van der Waals surface area contributed by atoms with Crippen molar-refractivity contribution >= 4 is 17.0 Å². The third-order valence-corrected chi connectivity index (χ3v) is 3.47. The smallest absolute Gasteiger partial charge is 0.137 e. The van der Waals surface area contributed by atoms with E-state index in [0.717, 1.165) is 17.8 Å². The first-order chi connectivity index (χ1) is 8.33. The second-order valence-corrected chi connectivity index (χ2v) is 4.88. The minimum Gasteiger partial charge on any atom is -0.322 e. The third-order valence-electron chi connectivity index (χ3n) is 2.67. The van der Waals surface area contributed by atoms with Crippen LogP contribution >= 0.6 is 11.3 Å². The molecular weight excluding hydrogens is 232 g/mol. The highest BCUT2D eigenvalue weighted by Gasteiger charge is 2.11. The Morgan fingerprint density at radius 2 is 2.35 bits per heavy atom. The van der Waals surface area contributed by atoms with Crippen LogP contribution in [0.15, 0.2) is 42.3 Å². The van der Waals surface area contributed by atoms with E-state index in [-0.39, 0.29) is 6.04 Å². The number of nitrogens with two attached hydrogens (primary N) is 1. The number of thiazole rings is 1. The zero-order valence-corrected chi connectivity index (χ0v) is 9.97. The van der Waals surface area contributed by atoms with Gasteiger partial charge in [-0.15, -0.1) is 11.3 Å². The highest BCUT2D eigenvalue weighted by Crippen LogP contribution is 2.18. The molecule has 0 saturated carbocycles. The van der Waals surface area contributed by atoms with Crippen LogP contribution in [0.4, 0.5) is 0 Å². The molecule has 1 atom stereocenters. The van der Waals surface area contributed by atoms with E-state index in [4.69, 9.17) is 5.73 Å². The molecule has 0 aromatic carbocycles. The maximum absolute atomic E-state index is 6.15. The molecule has 86 valence electrons. The molecule has 0 aliphatic rings. The molecule has 2 N–H and O–H groups in total. The Kier molecular flexibility index (Phi) is 2.62. The Morgan fingerprint density at radius 1 is 1.41 bits per heavy atom. The second-order valence-electron chi connectivity index (χ2n) is 3.91. The van der Waals surface area contributed by atoms with E-state index in [1.807, 2.05) is 46.7 Å². The predicted molar refractivity (Wildman–Crippen MR) is 67.9 cm³/mol. The lowest BCUT2D eigenvalue weighted by molar-refractivity contribution is 0.708. The number of hydrogen-bond donors (Lipinski definition) is 1. The Hall–Kier alpha value is -1.72. The molecule has 0 saturated heterocycles. The van der Waals surface area contributed by atoms with Crippen molar-refractivity contribution in [3.05, 3.63) is 52.9 Å². The second kappa shape index (κ2) is 4.27. The zero-order valence-electron chi connectivity index (χ0n) is 9.15. The minimum atomic E-state index is -0.0738. The SMILES string of the molecule is NC(Cc1cncs1)c1cn2ccccc2n1. The Bertz CT molecular complexity index is 581. The van der Waals surface area contributed by atoms with Gasteiger partial charge in [-0.05, 0) is 12.1 Å². The van der Waals surface area contributed by atoms with Gasteiger partial charge in [0.1, 0.15) is 5.65 Å². The lowest BCUT2D eigenvalue weighted by atomic mass is 10.1. The van der Waals surface area contributed by atoms with E-state index in [9.17, 15) is 0 Å². The number of pyridine rings is 1. The minimum absolute atomic E-state index is 0.0738. The summed E-state index contributed by atoms with van der Waals surface area (Å²) in [6.07, 6.45) is 6.61. The summed E-state index contributed by atoms with van der Waals surface area (Å²) < 4.78 is 1.99. The van der Waals surface area contributed by atoms with Crippen molar-refractivity contribution in [2.45, 2.75) is 12.5 Å². The zero-order chi connectivity index (χ0) is 11.7. The van der Waals surface area contributed by atoms with E-state index in [0.29, 0.717) is 0 Å². The molecule has 0 bridgehead atoms. The molecule has 4 nitrogen and oxygen atoms in total. The third kappa shape index (κ3) is 2.07. The molecule has 0 aliphatic carbocycles. The van der Waals surface area contributed by atoms with E-state index < -0.39 is 0 Å². The highest BCUT2D eigenvalue weighted by molar-refractivity contribution is 7.09. The number of rotatable bonds is 3. The van der Waals surface area contributed by atoms with Crippen molar-refractivity contribution in [1.82, 2.24) is 14.4 Å². The van der Waals surface area contributed by atoms with Crippen LogP contribution in [-0.2, 0) is 6.42 Å². The largest absolute Gasteiger partial charge is 0.322 e. The first-order valence-corrected chi connectivity index (χ1v) is 6.27. The van der Waals surface area contributed by atoms with Crippen molar-refractivity contribution in [3.8, 4) is 0 Å². The lowest BCUT2D eigenvalue weighted by Crippen LogP contribution is -2.13. The lowest BCUT2D eigenvalue weighted by Gasteiger charge is -2.05. The van der Waals surface area contributed by atoms with Crippen molar-refractivity contribution in [1.29, 1.82) is 0 Å². The average molecular weight is 244 g/mol. The van der Waals surface area contributed by atoms with Crippen LogP contribution in [0, 0.1) is 0 Å². The number of hydrogen-bond acceptors (Lipinski definition) is 4. The van der Waals surface area contributed by atoms with E-state index >= 15 is 0 Å². The van der Waals surface area contributed by atoms with Crippen LogP contribution in [0.25, 0.3) is 5.65 Å². The van der Waals surface area contributed by atoms with Gasteiger partial charge in [-0.25, -0.2) is 4.98 Å². The van der Waals surface area contributed by atoms with Crippen LogP contribution < -0.4 is 5.73 Å². The summed E-state index contributed by atoms with van der Waals surface area (Å²) >= 11 is 1.63. The number of nitrogens with zero attached hydrogens (tertiary/aromatic N) is 3. The van der Waals surface area contributed by atoms with E-state index in [2.05, 4.69) is 9.97 Å². The molecule has 0 spiro atoms. The normalized spacial score (nSPS) is 13.0. The maximum atomic E-state index is 6.15. The summed E-state index contributed by atoms with van der Waals surface area (Å²) in [6.45, 7) is 0. The van der Waals surface area contributed by atoms with Gasteiger partial charge >= 0.3 is 0 Å². The van der Waals surface area contributed by atoms with Crippen molar-refractivity contribution in [2.75, 3.05) is 0 Å². The van der Waals surface area contributed by atoms with Gasteiger partial charge in [0.15, 0.2) is 0 Å². The van der Waals surface area contributed by atoms with Gasteiger partial charge in [-0.1, -0.05) is 6.07 Å². The average Bonchev–Trinajstić information content (AvgIpc) is 2.96. The van der Waals surface area contributed by atoms with Crippen LogP contribution in [-0.4, -0.2) is 14.4 Å². The van der Waals surface area contributed by atoms with Crippen molar-refractivity contribution in [3.63, 3.8) is 0 Å². The summed E-state index contributed by atoms with van der Waals surface area (Å²) in [5.41, 5.74) is 9.83. The van der Waals surface area contributed by atoms with Crippen LogP contribution in [0.1, 0.15) is 16.6 Å². The van der Waals surface area contributed by atoms with Gasteiger partial charge < -0.3 is 10.1 Å². The first-order valence-electron chi connectivity index (χ1n) is 5.39. The molecule has 3 rings (SSSR count). The predicted octanol–water partition coefficient (Wildman–Crippen LogP) is 2.03. The molecule has 3 aromatic rings. The van der Waals surface area contributed by atoms with E-state index in [1.165, 1.54) is 4.88 Å². The summed E-state index contributed by atoms with van der Waals surface area (Å²) in [4.78, 5) is 9.75. The summed E-state index contributed by atoms with van der Waals surface area (Å²) in [5.74, 6) is 0. The number of aromatic nitrogens is 3. The van der Waals surface area contributed by atoms with Gasteiger partial charge in [0, 0.05) is 29.9 Å². The highest BCUT2D eigenvalue weighted by atomic mass is 32.1. The molecule has 1 unspecified atom stereocenters. The summed E-state index contributed by atoms with van der Waals surface area (Å²) in [5, 5.41) is 0. The van der Waals surface area contributed by atoms with Gasteiger partial charge in [0.25, 0.3) is 0 Å². The van der Waals surface area contributed by atoms with Crippen LogP contribution in [0.5, 0.6) is 0 Å². The van der Waals surface area contributed by atoms with Crippen molar-refractivity contribution < 1.29 is 0 Å². The van der Waals surface area contributed by atoms with Gasteiger partial charge in [-0.3, -0.25) is 4.98 Å². The molecule has 0 fully saturated rings. The number of fused-ring (bicyclic) bond motifs is 1. The fraction of sp³-hybridized carbons (Fsp3) is 0.167. The quantitative estimate of drug-likeness (QED) is 0.767. The van der Waals surface area contributed by atoms with Crippen LogP contribution in [0.3, 0.4) is 0 Å². The van der Waals surface area contributed by atoms with Crippen LogP contribution in [0.2, 0.25) is 0 Å². The molecule has 5 heteroatoms. The molecular formula is C12H12N4S. The summed E-state index contributed by atoms with van der Waals surface area (Å²) in [7, 11) is 0. The standard InChI is InChI=1S/C12H12N4S/c13-10(5-9-6-14-8-17-9)11-7-16-4-2-1-3-12(16)15-11/h1-4,6-8,10H,5,13H2. The summed E-state index contributed by atoms with van der Waals surface area (Å²) in [6, 6.07) is 5.85.